The second kappa shape index (κ2) is 38.9. The molecule has 0 aromatic carbocycles. The maximum Gasteiger partial charge on any atom is 1.00 e. The molecule has 0 amide bonds. The van der Waals surface area contributed by atoms with Gasteiger partial charge in [0, 0.05) is 32.2 Å². The van der Waals surface area contributed by atoms with Crippen molar-refractivity contribution >= 4 is 30.7 Å². The molecule has 0 aliphatic heterocycles. The van der Waals surface area contributed by atoms with E-state index < -0.39 is 33.3 Å². The zero-order chi connectivity index (χ0) is 31.7. The topological polar surface area (TPSA) is 145 Å². The van der Waals surface area contributed by atoms with Crippen molar-refractivity contribution in [2.75, 3.05) is 20.0 Å². The van der Waals surface area contributed by atoms with E-state index in [1.54, 1.807) is 6.92 Å². The predicted octanol–water partition coefficient (Wildman–Crippen LogP) is -0.314. The zero-order valence-corrected chi connectivity index (χ0v) is 32.9. The molecule has 0 aliphatic rings. The van der Waals surface area contributed by atoms with Gasteiger partial charge in [-0.2, -0.15) is 0 Å². The number of phosphoric acid groups is 1. The maximum atomic E-state index is 11.8. The van der Waals surface area contributed by atoms with Gasteiger partial charge in [0.1, 0.15) is 12.9 Å². The number of rotatable bonds is 21. The minimum Gasteiger partial charge on any atom is -0.790 e. The predicted molar refractivity (Wildman–Crippen MR) is 172 cm³/mol. The van der Waals surface area contributed by atoms with Crippen molar-refractivity contribution < 1.29 is 109 Å². The van der Waals surface area contributed by atoms with Crippen molar-refractivity contribution in [3.05, 3.63) is 0 Å². The van der Waals surface area contributed by atoms with Crippen molar-refractivity contribution in [2.45, 2.75) is 117 Å². The van der Waals surface area contributed by atoms with Gasteiger partial charge in [0.15, 0.2) is 5.12 Å². The molecule has 0 radical (unpaired) electrons. The maximum absolute atomic E-state index is 11.8. The summed E-state index contributed by atoms with van der Waals surface area (Å²) in [5.74, 6) is 17.1. The smallest absolute Gasteiger partial charge is 0.790 e. The van der Waals surface area contributed by atoms with E-state index in [1.165, 1.54) is 64.7 Å². The molecule has 9 nitrogen and oxygen atoms in total. The van der Waals surface area contributed by atoms with Gasteiger partial charge < -0.3 is 33.5 Å². The van der Waals surface area contributed by atoms with Crippen LogP contribution in [0.4, 0.5) is 0 Å². The fraction of sp³-hybridized carbons (Fsp3) is 0.677. The molecule has 0 aliphatic carbocycles. The first-order valence-corrected chi connectivity index (χ1v) is 16.6. The molecule has 0 saturated heterocycles. The number of thioether (sulfide) groups is 1. The minimum absolute atomic E-state index is 0. The van der Waals surface area contributed by atoms with Gasteiger partial charge in [-0.3, -0.25) is 9.59 Å². The average Bonchev–Trinajstić information content (AvgIpc) is 2.94. The van der Waals surface area contributed by atoms with Crippen molar-refractivity contribution in [1.82, 2.24) is 0 Å². The zero-order valence-electron chi connectivity index (χ0n) is 27.2. The molecule has 1 atom stereocenters. The molecule has 246 valence electrons. The summed E-state index contributed by atoms with van der Waals surface area (Å²) in [5, 5.41) is 11.1. The number of unbranched alkanes of at least 4 members (excludes halogenated alkanes) is 12. The fourth-order valence-corrected chi connectivity index (χ4v) is 3.91. The Morgan fingerprint density at radius 1 is 0.818 bits per heavy atom. The van der Waals surface area contributed by atoms with Crippen molar-refractivity contribution in [1.29, 1.82) is 0 Å². The molecular weight excluding hydrogens is 625 g/mol. The van der Waals surface area contributed by atoms with Gasteiger partial charge in [-0.1, -0.05) is 89.9 Å². The second-order valence-electron chi connectivity index (χ2n) is 9.04. The standard InChI is InChI=1S/C20H41O8P.C11H6OS.2Na.5H2/c1-2-3-4-5-6-7-8-9-10-11-12-13-14-15-20(22)28-19(16-26-18-21)17-27-29(23,24)25;1-3-4-5-6-7-8-9-10-13-11(2)12;;;;;;;/h19,21H,2-18H2,1H3,(H2,23,24,25);1-2H3;;;5*1H/q;;2*+1;;;;;/p-2/t19-;;;;;;;;/m0......../s1. The molecule has 0 bridgehead atoms. The number of hydrogen-bond acceptors (Lipinski definition) is 10. The normalized spacial score (nSPS) is 10.0. The van der Waals surface area contributed by atoms with Crippen molar-refractivity contribution in [2.24, 2.45) is 0 Å². The van der Waals surface area contributed by atoms with Crippen LogP contribution in [0, 0.1) is 46.7 Å². The Morgan fingerprint density at radius 2 is 1.30 bits per heavy atom. The number of phosphoric ester groups is 1. The Balaban J connectivity index is -0.0000000990. The summed E-state index contributed by atoms with van der Waals surface area (Å²) in [6, 6.07) is 0. The third-order valence-corrected chi connectivity index (χ3v) is 6.24. The third-order valence-electron chi connectivity index (χ3n) is 5.28. The molecule has 0 unspecified atom stereocenters. The van der Waals surface area contributed by atoms with E-state index in [1.807, 2.05) is 0 Å². The molecule has 0 fully saturated rings. The summed E-state index contributed by atoms with van der Waals surface area (Å²) in [5.41, 5.74) is 0. The van der Waals surface area contributed by atoms with E-state index in [-0.39, 0.29) is 84.4 Å². The number of ether oxygens (including phenoxy) is 2. The molecule has 0 saturated carbocycles. The van der Waals surface area contributed by atoms with Crippen LogP contribution in [-0.2, 0) is 28.2 Å². The average molecular weight is 681 g/mol. The van der Waals surface area contributed by atoms with Crippen molar-refractivity contribution in [3.63, 3.8) is 0 Å². The van der Waals surface area contributed by atoms with Gasteiger partial charge in [-0.15, -0.1) is 0 Å². The minimum atomic E-state index is -5.16. The Kier molecular flexibility index (Phi) is 44.8. The second-order valence-corrected chi connectivity index (χ2v) is 11.2. The van der Waals surface area contributed by atoms with Gasteiger partial charge in [-0.05, 0) is 54.1 Å². The Morgan fingerprint density at radius 3 is 1.75 bits per heavy atom. The molecule has 0 heterocycles. The molecule has 0 aromatic heterocycles. The van der Waals surface area contributed by atoms with Gasteiger partial charge in [0.2, 0.25) is 0 Å². The molecule has 0 aromatic rings. The van der Waals surface area contributed by atoms with E-state index in [0.717, 1.165) is 31.0 Å². The van der Waals surface area contributed by atoms with Crippen LogP contribution >= 0.6 is 19.6 Å². The molecular formula is C31H55Na2O9PS. The van der Waals surface area contributed by atoms with Crippen LogP contribution in [0.3, 0.4) is 0 Å². The van der Waals surface area contributed by atoms with Gasteiger partial charge in [-0.25, -0.2) is 0 Å². The van der Waals surface area contributed by atoms with Crippen LogP contribution in [0.1, 0.15) is 118 Å². The fourth-order valence-electron chi connectivity index (χ4n) is 3.32. The number of aliphatic hydroxyl groups excluding tert-OH is 1. The van der Waals surface area contributed by atoms with E-state index in [4.69, 9.17) is 9.84 Å². The quantitative estimate of drug-likeness (QED) is 0.0428. The third kappa shape index (κ3) is 46.2. The number of hydrogen-bond donors (Lipinski definition) is 1. The number of carbonyl (C=O) groups is 2. The first kappa shape index (κ1) is 50.6. The van der Waals surface area contributed by atoms with Crippen LogP contribution in [0.2, 0.25) is 0 Å². The Hall–Kier alpha value is -0.240. The monoisotopic (exact) mass is 680 g/mol. The van der Waals surface area contributed by atoms with E-state index in [2.05, 4.69) is 62.9 Å². The molecule has 44 heavy (non-hydrogen) atoms. The van der Waals surface area contributed by atoms with Crippen LogP contribution in [-0.4, -0.2) is 42.3 Å². The molecule has 0 spiro atoms. The van der Waals surface area contributed by atoms with Crippen LogP contribution in [0.5, 0.6) is 0 Å². The first-order chi connectivity index (χ1) is 20.2. The van der Waals surface area contributed by atoms with Crippen LogP contribution in [0.25, 0.3) is 0 Å². The van der Waals surface area contributed by atoms with Crippen LogP contribution < -0.4 is 68.9 Å². The summed E-state index contributed by atoms with van der Waals surface area (Å²) < 4.78 is 24.4. The largest absolute Gasteiger partial charge is 1.00 e. The number of aliphatic hydroxyl groups is 1. The molecule has 1 N–H and O–H groups in total. The van der Waals surface area contributed by atoms with Gasteiger partial charge >= 0.3 is 65.1 Å². The summed E-state index contributed by atoms with van der Waals surface area (Å²) >= 11 is 0.921. The van der Waals surface area contributed by atoms with Crippen LogP contribution in [0.15, 0.2) is 0 Å². The summed E-state index contributed by atoms with van der Waals surface area (Å²) in [7, 11) is -5.16. The SMILES string of the molecule is CC#CC#CC#CC#CSC(C)=O.CCCCCCCCCCCCCCCC(=O)O[C@@H](COCO)COP(=O)([O-])[O-].[HH].[HH].[HH].[HH].[HH].[Na+].[Na+]. The van der Waals surface area contributed by atoms with Gasteiger partial charge in [0.25, 0.3) is 0 Å². The van der Waals surface area contributed by atoms with E-state index in [0.29, 0.717) is 6.42 Å². The number of carbonyl (C=O) groups excluding carboxylic acids is 2. The first-order valence-electron chi connectivity index (χ1n) is 14.3. The Bertz CT molecular complexity index is 1040. The van der Waals surface area contributed by atoms with Crippen molar-refractivity contribution in [3.8, 4) is 46.7 Å². The summed E-state index contributed by atoms with van der Waals surface area (Å²) in [4.78, 5) is 43.3. The molecule has 13 heteroatoms. The summed E-state index contributed by atoms with van der Waals surface area (Å²) in [6.45, 7) is 3.90. The number of esters is 1. The van der Waals surface area contributed by atoms with E-state index >= 15 is 0 Å². The van der Waals surface area contributed by atoms with E-state index in [9.17, 15) is 23.9 Å². The van der Waals surface area contributed by atoms with Gasteiger partial charge in [0.05, 0.1) is 21.0 Å². The Labute approximate surface area is 321 Å². The molecule has 0 rings (SSSR count). The summed E-state index contributed by atoms with van der Waals surface area (Å²) in [6.07, 6.45) is 14.8.